The average Bonchev–Trinajstić information content (AvgIpc) is 3.44. The van der Waals surface area contributed by atoms with Crippen LogP contribution in [-0.2, 0) is 19.5 Å². The van der Waals surface area contributed by atoms with Crippen molar-refractivity contribution in [2.24, 2.45) is 5.92 Å². The minimum atomic E-state index is -0.0926. The molecule has 1 aromatic carbocycles. The monoisotopic (exact) mass is 405 g/mol. The first-order valence-corrected chi connectivity index (χ1v) is 10.3. The second-order valence-corrected chi connectivity index (χ2v) is 7.89. The SMILES string of the molecule is Cc1cnc(CNC(=O)c2ccc(CC3CCN(CCn4cnnc4)C3)cc2)cn1. The number of aryl methyl sites for hydroxylation is 1. The third-order valence-electron chi connectivity index (χ3n) is 5.52. The lowest BCUT2D eigenvalue weighted by atomic mass is 9.98. The highest BCUT2D eigenvalue weighted by Crippen LogP contribution is 2.21. The van der Waals surface area contributed by atoms with Gasteiger partial charge >= 0.3 is 0 Å². The van der Waals surface area contributed by atoms with Crippen molar-refractivity contribution in [1.29, 1.82) is 0 Å². The number of amides is 1. The van der Waals surface area contributed by atoms with Gasteiger partial charge in [0.15, 0.2) is 0 Å². The second-order valence-electron chi connectivity index (χ2n) is 7.89. The third kappa shape index (κ3) is 5.48. The Hall–Kier alpha value is -3.13. The predicted molar refractivity (Wildman–Crippen MR) is 113 cm³/mol. The molecule has 1 fully saturated rings. The Labute approximate surface area is 176 Å². The number of nitrogens with zero attached hydrogens (tertiary/aromatic N) is 6. The van der Waals surface area contributed by atoms with Gasteiger partial charge in [-0.25, -0.2) is 0 Å². The van der Waals surface area contributed by atoms with Crippen molar-refractivity contribution in [3.63, 3.8) is 0 Å². The van der Waals surface area contributed by atoms with Crippen LogP contribution in [0.4, 0.5) is 0 Å². The summed E-state index contributed by atoms with van der Waals surface area (Å²) in [6.45, 7) is 6.47. The summed E-state index contributed by atoms with van der Waals surface area (Å²) in [6.07, 6.45) is 9.18. The topological polar surface area (TPSA) is 88.8 Å². The molecule has 0 saturated carbocycles. The number of aromatic nitrogens is 5. The molecule has 0 aliphatic carbocycles. The number of likely N-dealkylation sites (tertiary alicyclic amines) is 1. The first kappa shape index (κ1) is 20.2. The highest BCUT2D eigenvalue weighted by molar-refractivity contribution is 5.94. The van der Waals surface area contributed by atoms with Crippen molar-refractivity contribution in [2.75, 3.05) is 19.6 Å². The number of nitrogens with one attached hydrogen (secondary N) is 1. The zero-order chi connectivity index (χ0) is 20.8. The molecule has 1 saturated heterocycles. The maximum atomic E-state index is 12.4. The quantitative estimate of drug-likeness (QED) is 0.616. The van der Waals surface area contributed by atoms with Crippen LogP contribution in [0.15, 0.2) is 49.3 Å². The van der Waals surface area contributed by atoms with Crippen molar-refractivity contribution in [2.45, 2.75) is 32.9 Å². The number of hydrogen-bond donors (Lipinski definition) is 1. The lowest BCUT2D eigenvalue weighted by Crippen LogP contribution is -2.25. The van der Waals surface area contributed by atoms with Crippen molar-refractivity contribution in [1.82, 2.24) is 34.9 Å². The van der Waals surface area contributed by atoms with E-state index in [0.29, 0.717) is 18.0 Å². The molecule has 4 rings (SSSR count). The highest BCUT2D eigenvalue weighted by atomic mass is 16.1. The maximum Gasteiger partial charge on any atom is 0.251 e. The molecule has 1 atom stereocenters. The van der Waals surface area contributed by atoms with E-state index in [1.807, 2.05) is 23.6 Å². The number of rotatable bonds is 8. The van der Waals surface area contributed by atoms with Crippen molar-refractivity contribution < 1.29 is 4.79 Å². The second kappa shape index (κ2) is 9.58. The van der Waals surface area contributed by atoms with Crippen LogP contribution in [0.5, 0.6) is 0 Å². The largest absolute Gasteiger partial charge is 0.346 e. The zero-order valence-corrected chi connectivity index (χ0v) is 17.2. The van der Waals surface area contributed by atoms with E-state index in [2.05, 4.69) is 42.5 Å². The molecule has 30 heavy (non-hydrogen) atoms. The number of benzene rings is 1. The molecule has 1 unspecified atom stereocenters. The minimum Gasteiger partial charge on any atom is -0.346 e. The average molecular weight is 406 g/mol. The van der Waals surface area contributed by atoms with Crippen LogP contribution in [0.3, 0.4) is 0 Å². The Morgan fingerprint density at radius 3 is 2.63 bits per heavy atom. The Morgan fingerprint density at radius 2 is 1.90 bits per heavy atom. The molecular weight excluding hydrogens is 378 g/mol. The van der Waals surface area contributed by atoms with Crippen molar-refractivity contribution in [3.05, 3.63) is 71.8 Å². The predicted octanol–water partition coefficient (Wildman–Crippen LogP) is 1.87. The molecule has 3 aromatic rings. The molecule has 0 radical (unpaired) electrons. The van der Waals surface area contributed by atoms with E-state index >= 15 is 0 Å². The molecule has 156 valence electrons. The fourth-order valence-electron chi connectivity index (χ4n) is 3.79. The lowest BCUT2D eigenvalue weighted by Gasteiger charge is -2.16. The van der Waals surface area contributed by atoms with E-state index < -0.39 is 0 Å². The highest BCUT2D eigenvalue weighted by Gasteiger charge is 2.22. The van der Waals surface area contributed by atoms with Gasteiger partial charge in [-0.05, 0) is 49.9 Å². The first-order chi connectivity index (χ1) is 14.7. The minimum absolute atomic E-state index is 0.0926. The van der Waals surface area contributed by atoms with Crippen LogP contribution in [0.25, 0.3) is 0 Å². The van der Waals surface area contributed by atoms with Gasteiger partial charge in [0.2, 0.25) is 0 Å². The van der Waals surface area contributed by atoms with Gasteiger partial charge < -0.3 is 14.8 Å². The van der Waals surface area contributed by atoms with Crippen molar-refractivity contribution >= 4 is 5.91 Å². The molecule has 8 heteroatoms. The molecule has 8 nitrogen and oxygen atoms in total. The van der Waals surface area contributed by atoms with E-state index in [4.69, 9.17) is 0 Å². The Balaban J connectivity index is 1.22. The van der Waals surface area contributed by atoms with E-state index in [1.165, 1.54) is 12.0 Å². The summed E-state index contributed by atoms with van der Waals surface area (Å²) < 4.78 is 2.02. The first-order valence-electron chi connectivity index (χ1n) is 10.3. The van der Waals surface area contributed by atoms with Crippen LogP contribution in [0, 0.1) is 12.8 Å². The smallest absolute Gasteiger partial charge is 0.251 e. The Bertz CT molecular complexity index is 939. The molecule has 1 amide bonds. The van der Waals surface area contributed by atoms with Crippen molar-refractivity contribution in [3.8, 4) is 0 Å². The van der Waals surface area contributed by atoms with E-state index in [-0.39, 0.29) is 5.91 Å². The summed E-state index contributed by atoms with van der Waals surface area (Å²) in [6, 6.07) is 7.95. The molecule has 3 heterocycles. The summed E-state index contributed by atoms with van der Waals surface area (Å²) >= 11 is 0. The third-order valence-corrected chi connectivity index (χ3v) is 5.52. The van der Waals surface area contributed by atoms with Gasteiger partial charge in [0.1, 0.15) is 12.7 Å². The van der Waals surface area contributed by atoms with Gasteiger partial charge in [-0.2, -0.15) is 0 Å². The Kier molecular flexibility index (Phi) is 6.44. The van der Waals surface area contributed by atoms with Gasteiger partial charge in [-0.15, -0.1) is 10.2 Å². The molecule has 1 aliphatic rings. The lowest BCUT2D eigenvalue weighted by molar-refractivity contribution is 0.0950. The summed E-state index contributed by atoms with van der Waals surface area (Å²) in [4.78, 5) is 23.3. The normalized spacial score (nSPS) is 16.6. The van der Waals surface area contributed by atoms with Gasteiger partial charge in [-0.1, -0.05) is 12.1 Å². The fourth-order valence-corrected chi connectivity index (χ4v) is 3.79. The van der Waals surface area contributed by atoms with Crippen LogP contribution in [0.2, 0.25) is 0 Å². The van der Waals surface area contributed by atoms with Gasteiger partial charge in [0.25, 0.3) is 5.91 Å². The maximum absolute atomic E-state index is 12.4. The molecular formula is C22H27N7O. The van der Waals surface area contributed by atoms with Gasteiger partial charge in [0, 0.05) is 31.4 Å². The van der Waals surface area contributed by atoms with Crippen LogP contribution >= 0.6 is 0 Å². The van der Waals surface area contributed by atoms with E-state index in [9.17, 15) is 4.79 Å². The van der Waals surface area contributed by atoms with Gasteiger partial charge in [-0.3, -0.25) is 14.8 Å². The molecule has 1 N–H and O–H groups in total. The fraction of sp³-hybridized carbons (Fsp3) is 0.409. The Morgan fingerprint density at radius 1 is 1.10 bits per heavy atom. The summed E-state index contributed by atoms with van der Waals surface area (Å²) in [5.41, 5.74) is 3.56. The summed E-state index contributed by atoms with van der Waals surface area (Å²) in [5, 5.41) is 10.6. The molecule has 0 spiro atoms. The zero-order valence-electron chi connectivity index (χ0n) is 17.2. The summed E-state index contributed by atoms with van der Waals surface area (Å²) in [7, 11) is 0. The van der Waals surface area contributed by atoms with Crippen LogP contribution < -0.4 is 5.32 Å². The number of carbonyl (C=O) groups excluding carboxylic acids is 1. The van der Waals surface area contributed by atoms with Crippen LogP contribution in [-0.4, -0.2) is 55.2 Å². The molecule has 1 aliphatic heterocycles. The number of hydrogen-bond acceptors (Lipinski definition) is 6. The molecule has 0 bridgehead atoms. The standard InChI is InChI=1S/C22H27N7O/c1-17-11-24-21(12-23-17)13-25-22(30)20-4-2-18(3-5-20)10-19-6-7-28(14-19)8-9-29-15-26-27-16-29/h2-5,11-12,15-16,19H,6-10,13-14H2,1H3,(H,25,30). The van der Waals surface area contributed by atoms with Crippen LogP contribution in [0.1, 0.15) is 33.7 Å². The van der Waals surface area contributed by atoms with Gasteiger partial charge in [0.05, 0.1) is 24.1 Å². The molecule has 2 aromatic heterocycles. The number of carbonyl (C=O) groups is 1. The van der Waals surface area contributed by atoms with E-state index in [1.54, 1.807) is 25.0 Å². The van der Waals surface area contributed by atoms with E-state index in [0.717, 1.165) is 44.0 Å². The summed E-state index contributed by atoms with van der Waals surface area (Å²) in [5.74, 6) is 0.565.